The summed E-state index contributed by atoms with van der Waals surface area (Å²) in [6, 6.07) is 16.7. The molecule has 0 aliphatic carbocycles. The van der Waals surface area contributed by atoms with E-state index in [1.165, 1.54) is 5.56 Å². The Labute approximate surface area is 153 Å². The van der Waals surface area contributed by atoms with Crippen LogP contribution in [0, 0.1) is 5.92 Å². The lowest BCUT2D eigenvalue weighted by Gasteiger charge is -2.06. The second kappa shape index (κ2) is 8.17. The molecule has 0 bridgehead atoms. The lowest BCUT2D eigenvalue weighted by Crippen LogP contribution is -1.94. The topological polar surface area (TPSA) is 34.1 Å². The molecule has 4 heteroatoms. The summed E-state index contributed by atoms with van der Waals surface area (Å²) in [5, 5.41) is 6.34. The van der Waals surface area contributed by atoms with Crippen molar-refractivity contribution in [1.29, 1.82) is 0 Å². The van der Waals surface area contributed by atoms with E-state index in [9.17, 15) is 0 Å². The van der Waals surface area contributed by atoms with Gasteiger partial charge in [0.25, 0.3) is 0 Å². The van der Waals surface area contributed by atoms with Crippen molar-refractivity contribution >= 4 is 22.2 Å². The van der Waals surface area contributed by atoms with Crippen molar-refractivity contribution in [1.82, 2.24) is 4.98 Å². The van der Waals surface area contributed by atoms with Crippen LogP contribution in [0.2, 0.25) is 0 Å². The fourth-order valence-electron chi connectivity index (χ4n) is 2.67. The van der Waals surface area contributed by atoms with Crippen molar-refractivity contribution in [3.05, 3.63) is 59.5 Å². The maximum Gasteiger partial charge on any atom is 0.187 e. The Morgan fingerprint density at radius 1 is 1.04 bits per heavy atom. The third-order valence-electron chi connectivity index (χ3n) is 3.81. The molecule has 0 atom stereocenters. The maximum absolute atomic E-state index is 5.47. The second-order valence-corrected chi connectivity index (χ2v) is 7.27. The summed E-state index contributed by atoms with van der Waals surface area (Å²) in [6.07, 6.45) is 1.11. The standard InChI is InChI=1S/C21H24N2OS/c1-4-24-19-11-9-18(10-12-19)22-21-23-20(14-25-21)17-7-5-16(6-8-17)13-15(2)3/h5-12,14-15H,4,13H2,1-3H3,(H,22,23). The molecule has 1 aromatic heterocycles. The van der Waals surface area contributed by atoms with Crippen molar-refractivity contribution in [2.45, 2.75) is 27.2 Å². The van der Waals surface area contributed by atoms with Crippen molar-refractivity contribution in [2.24, 2.45) is 5.92 Å². The highest BCUT2D eigenvalue weighted by atomic mass is 32.1. The number of nitrogens with one attached hydrogen (secondary N) is 1. The molecular formula is C21H24N2OS. The first-order chi connectivity index (χ1) is 12.1. The molecule has 25 heavy (non-hydrogen) atoms. The molecule has 0 fully saturated rings. The highest BCUT2D eigenvalue weighted by molar-refractivity contribution is 7.14. The fraction of sp³-hybridized carbons (Fsp3) is 0.286. The summed E-state index contributed by atoms with van der Waals surface area (Å²) in [6.45, 7) is 7.15. The molecule has 0 aliphatic rings. The van der Waals surface area contributed by atoms with Gasteiger partial charge in [0.05, 0.1) is 12.3 Å². The average Bonchev–Trinajstić information content (AvgIpc) is 3.05. The van der Waals surface area contributed by atoms with E-state index in [2.05, 4.69) is 48.8 Å². The van der Waals surface area contributed by atoms with Gasteiger partial charge in [0.2, 0.25) is 0 Å². The van der Waals surface area contributed by atoms with Crippen LogP contribution in [0.15, 0.2) is 53.9 Å². The predicted molar refractivity (Wildman–Crippen MR) is 107 cm³/mol. The lowest BCUT2D eigenvalue weighted by atomic mass is 10.0. The Hall–Kier alpha value is -2.33. The first-order valence-electron chi connectivity index (χ1n) is 8.68. The van der Waals surface area contributed by atoms with E-state index in [-0.39, 0.29) is 0 Å². The molecular weight excluding hydrogens is 328 g/mol. The van der Waals surface area contributed by atoms with Crippen LogP contribution in [-0.2, 0) is 6.42 Å². The third-order valence-corrected chi connectivity index (χ3v) is 4.57. The normalized spacial score (nSPS) is 10.9. The molecule has 0 saturated heterocycles. The van der Waals surface area contributed by atoms with Crippen LogP contribution in [-0.4, -0.2) is 11.6 Å². The Morgan fingerprint density at radius 2 is 1.76 bits per heavy atom. The maximum atomic E-state index is 5.47. The van der Waals surface area contributed by atoms with Gasteiger partial charge < -0.3 is 10.1 Å². The van der Waals surface area contributed by atoms with Gasteiger partial charge in [-0.1, -0.05) is 38.1 Å². The molecule has 0 unspecified atom stereocenters. The Kier molecular flexibility index (Phi) is 5.71. The van der Waals surface area contributed by atoms with Crippen molar-refractivity contribution in [3.63, 3.8) is 0 Å². The molecule has 0 saturated carbocycles. The summed E-state index contributed by atoms with van der Waals surface area (Å²) in [5.41, 5.74) is 4.55. The number of thiazole rings is 1. The summed E-state index contributed by atoms with van der Waals surface area (Å²) in [7, 11) is 0. The number of nitrogens with zero attached hydrogens (tertiary/aromatic N) is 1. The van der Waals surface area contributed by atoms with E-state index in [1.807, 2.05) is 31.2 Å². The zero-order valence-corrected chi connectivity index (χ0v) is 15.8. The fourth-order valence-corrected chi connectivity index (χ4v) is 3.41. The number of ether oxygens (including phenoxy) is 1. The number of rotatable bonds is 7. The molecule has 0 aliphatic heterocycles. The van der Waals surface area contributed by atoms with Crippen molar-refractivity contribution in [2.75, 3.05) is 11.9 Å². The number of hydrogen-bond donors (Lipinski definition) is 1. The first-order valence-corrected chi connectivity index (χ1v) is 9.56. The molecule has 3 nitrogen and oxygen atoms in total. The van der Waals surface area contributed by atoms with Gasteiger partial charge in [0.15, 0.2) is 5.13 Å². The molecule has 2 aromatic carbocycles. The zero-order valence-electron chi connectivity index (χ0n) is 15.0. The summed E-state index contributed by atoms with van der Waals surface area (Å²) in [5.74, 6) is 1.56. The van der Waals surface area contributed by atoms with E-state index >= 15 is 0 Å². The van der Waals surface area contributed by atoms with E-state index in [1.54, 1.807) is 11.3 Å². The summed E-state index contributed by atoms with van der Waals surface area (Å²) in [4.78, 5) is 4.70. The van der Waals surface area contributed by atoms with Gasteiger partial charge in [-0.05, 0) is 49.1 Å². The Bertz CT molecular complexity index is 792. The minimum Gasteiger partial charge on any atom is -0.494 e. The molecule has 0 radical (unpaired) electrons. The Balaban J connectivity index is 1.67. The van der Waals surface area contributed by atoms with Crippen molar-refractivity contribution < 1.29 is 4.74 Å². The second-order valence-electron chi connectivity index (χ2n) is 6.42. The molecule has 1 N–H and O–H groups in total. The first kappa shape index (κ1) is 17.5. The predicted octanol–water partition coefficient (Wildman–Crippen LogP) is 6.15. The number of aromatic nitrogens is 1. The van der Waals surface area contributed by atoms with E-state index in [4.69, 9.17) is 9.72 Å². The van der Waals surface area contributed by atoms with Crippen LogP contribution in [0.25, 0.3) is 11.3 Å². The average molecular weight is 353 g/mol. The van der Waals surface area contributed by atoms with E-state index in [0.29, 0.717) is 12.5 Å². The quantitative estimate of drug-likeness (QED) is 0.553. The molecule has 0 spiro atoms. The van der Waals surface area contributed by atoms with Crippen LogP contribution in [0.5, 0.6) is 5.75 Å². The number of benzene rings is 2. The van der Waals surface area contributed by atoms with Crippen LogP contribution in [0.3, 0.4) is 0 Å². The lowest BCUT2D eigenvalue weighted by molar-refractivity contribution is 0.340. The monoisotopic (exact) mass is 352 g/mol. The number of anilines is 2. The van der Waals surface area contributed by atoms with Crippen LogP contribution in [0.1, 0.15) is 26.3 Å². The summed E-state index contributed by atoms with van der Waals surface area (Å²) < 4.78 is 5.47. The third kappa shape index (κ3) is 4.83. The molecule has 130 valence electrons. The Morgan fingerprint density at radius 3 is 2.40 bits per heavy atom. The van der Waals surface area contributed by atoms with Gasteiger partial charge in [-0.2, -0.15) is 0 Å². The van der Waals surface area contributed by atoms with Crippen molar-refractivity contribution in [3.8, 4) is 17.0 Å². The van der Waals surface area contributed by atoms with Gasteiger partial charge in [-0.3, -0.25) is 0 Å². The highest BCUT2D eigenvalue weighted by Gasteiger charge is 2.06. The summed E-state index contributed by atoms with van der Waals surface area (Å²) >= 11 is 1.62. The molecule has 1 heterocycles. The van der Waals surface area contributed by atoms with Gasteiger partial charge in [0.1, 0.15) is 5.75 Å². The molecule has 0 amide bonds. The van der Waals surface area contributed by atoms with E-state index in [0.717, 1.165) is 34.2 Å². The largest absolute Gasteiger partial charge is 0.494 e. The van der Waals surface area contributed by atoms with Gasteiger partial charge in [0, 0.05) is 16.6 Å². The van der Waals surface area contributed by atoms with Gasteiger partial charge in [-0.25, -0.2) is 4.98 Å². The van der Waals surface area contributed by atoms with Gasteiger partial charge >= 0.3 is 0 Å². The minimum absolute atomic E-state index is 0.676. The smallest absolute Gasteiger partial charge is 0.187 e. The van der Waals surface area contributed by atoms with E-state index < -0.39 is 0 Å². The van der Waals surface area contributed by atoms with Crippen LogP contribution >= 0.6 is 11.3 Å². The molecule has 3 aromatic rings. The zero-order chi connectivity index (χ0) is 17.6. The van der Waals surface area contributed by atoms with Gasteiger partial charge in [-0.15, -0.1) is 11.3 Å². The van der Waals surface area contributed by atoms with Crippen LogP contribution < -0.4 is 10.1 Å². The number of hydrogen-bond acceptors (Lipinski definition) is 4. The highest BCUT2D eigenvalue weighted by Crippen LogP contribution is 2.28. The minimum atomic E-state index is 0.676. The molecule has 3 rings (SSSR count). The van der Waals surface area contributed by atoms with Crippen LogP contribution in [0.4, 0.5) is 10.8 Å². The SMILES string of the molecule is CCOc1ccc(Nc2nc(-c3ccc(CC(C)C)cc3)cs2)cc1.